The molecule has 1 amide bonds. The van der Waals surface area contributed by atoms with E-state index in [-0.39, 0.29) is 24.2 Å². The van der Waals surface area contributed by atoms with Gasteiger partial charge in [0.2, 0.25) is 0 Å². The molecule has 0 unspecified atom stereocenters. The third-order valence-corrected chi connectivity index (χ3v) is 4.17. The number of methoxy groups -OCH3 is 1. The average Bonchev–Trinajstić information content (AvgIpc) is 2.54. The quantitative estimate of drug-likeness (QED) is 0.922. The first-order valence-electron chi connectivity index (χ1n) is 7.45. The second kappa shape index (κ2) is 6.45. The Labute approximate surface area is 124 Å². The van der Waals surface area contributed by atoms with Gasteiger partial charge in [-0.1, -0.05) is 12.1 Å². The van der Waals surface area contributed by atoms with Crippen LogP contribution in [0.5, 0.6) is 5.75 Å². The zero-order chi connectivity index (χ0) is 14.7. The molecule has 2 fully saturated rings. The van der Waals surface area contributed by atoms with Crippen molar-refractivity contribution in [2.75, 3.05) is 20.3 Å². The van der Waals surface area contributed by atoms with Crippen LogP contribution in [0, 0.1) is 0 Å². The monoisotopic (exact) mass is 291 g/mol. The molecule has 2 aliphatic rings. The van der Waals surface area contributed by atoms with Gasteiger partial charge in [0.25, 0.3) is 5.91 Å². The molecule has 3 atom stereocenters. The number of ether oxygens (including phenoxy) is 3. The van der Waals surface area contributed by atoms with Crippen molar-refractivity contribution >= 4 is 5.91 Å². The summed E-state index contributed by atoms with van der Waals surface area (Å²) < 4.78 is 16.7. The summed E-state index contributed by atoms with van der Waals surface area (Å²) in [7, 11) is 1.57. The Hall–Kier alpha value is -1.59. The number of benzene rings is 1. The Balaban J connectivity index is 1.62. The molecule has 21 heavy (non-hydrogen) atoms. The number of hydrogen-bond acceptors (Lipinski definition) is 4. The SMILES string of the molecule is COc1ccccc1C(=O)N[C@@H]1CC[C@H]2OCCO[C@H]2C1. The van der Waals surface area contributed by atoms with Gasteiger partial charge in [0.1, 0.15) is 5.75 Å². The van der Waals surface area contributed by atoms with Gasteiger partial charge in [0.15, 0.2) is 0 Å². The Morgan fingerprint density at radius 1 is 1.19 bits per heavy atom. The van der Waals surface area contributed by atoms with Gasteiger partial charge >= 0.3 is 0 Å². The molecule has 1 saturated carbocycles. The van der Waals surface area contributed by atoms with Crippen molar-refractivity contribution in [1.29, 1.82) is 0 Å². The van der Waals surface area contributed by atoms with Gasteiger partial charge < -0.3 is 19.5 Å². The first-order valence-corrected chi connectivity index (χ1v) is 7.45. The highest BCUT2D eigenvalue weighted by atomic mass is 16.6. The van der Waals surface area contributed by atoms with E-state index in [0.29, 0.717) is 24.5 Å². The van der Waals surface area contributed by atoms with Crippen molar-refractivity contribution in [3.8, 4) is 5.75 Å². The predicted octanol–water partition coefficient (Wildman–Crippen LogP) is 1.76. The van der Waals surface area contributed by atoms with Crippen molar-refractivity contribution in [2.24, 2.45) is 0 Å². The minimum absolute atomic E-state index is 0.0902. The van der Waals surface area contributed by atoms with E-state index in [9.17, 15) is 4.79 Å². The van der Waals surface area contributed by atoms with Crippen LogP contribution in [0.25, 0.3) is 0 Å². The normalized spacial score (nSPS) is 28.5. The largest absolute Gasteiger partial charge is 0.496 e. The molecule has 1 N–H and O–H groups in total. The Morgan fingerprint density at radius 2 is 1.95 bits per heavy atom. The first-order chi connectivity index (χ1) is 10.3. The highest BCUT2D eigenvalue weighted by Gasteiger charge is 2.34. The van der Waals surface area contributed by atoms with E-state index in [1.54, 1.807) is 19.2 Å². The number of para-hydroxylation sites is 1. The van der Waals surface area contributed by atoms with Crippen LogP contribution in [0.3, 0.4) is 0 Å². The van der Waals surface area contributed by atoms with Gasteiger partial charge in [-0.3, -0.25) is 4.79 Å². The van der Waals surface area contributed by atoms with Gasteiger partial charge in [-0.15, -0.1) is 0 Å². The van der Waals surface area contributed by atoms with Crippen LogP contribution in [0.1, 0.15) is 29.6 Å². The van der Waals surface area contributed by atoms with Crippen LogP contribution < -0.4 is 10.1 Å². The molecule has 5 nitrogen and oxygen atoms in total. The lowest BCUT2D eigenvalue weighted by Gasteiger charge is -2.39. The summed E-state index contributed by atoms with van der Waals surface area (Å²) in [4.78, 5) is 12.4. The van der Waals surface area contributed by atoms with E-state index in [1.807, 2.05) is 12.1 Å². The van der Waals surface area contributed by atoms with Gasteiger partial charge in [0, 0.05) is 6.04 Å². The molecule has 1 aliphatic carbocycles. The van der Waals surface area contributed by atoms with Crippen molar-refractivity contribution in [3.05, 3.63) is 29.8 Å². The second-order valence-corrected chi connectivity index (χ2v) is 5.50. The summed E-state index contributed by atoms with van der Waals surface area (Å²) in [5.74, 6) is 0.508. The Kier molecular flexibility index (Phi) is 4.41. The van der Waals surface area contributed by atoms with Crippen LogP contribution >= 0.6 is 0 Å². The summed E-state index contributed by atoms with van der Waals surface area (Å²) in [5.41, 5.74) is 0.572. The molecule has 114 valence electrons. The average molecular weight is 291 g/mol. The summed E-state index contributed by atoms with van der Waals surface area (Å²) in [6.07, 6.45) is 2.96. The Morgan fingerprint density at radius 3 is 2.76 bits per heavy atom. The van der Waals surface area contributed by atoms with E-state index in [2.05, 4.69) is 5.32 Å². The molecular formula is C16H21NO4. The van der Waals surface area contributed by atoms with Gasteiger partial charge in [-0.2, -0.15) is 0 Å². The maximum absolute atomic E-state index is 12.4. The van der Waals surface area contributed by atoms with E-state index in [1.165, 1.54) is 0 Å². The van der Waals surface area contributed by atoms with Gasteiger partial charge in [-0.25, -0.2) is 0 Å². The molecule has 1 heterocycles. The summed E-state index contributed by atoms with van der Waals surface area (Å²) >= 11 is 0. The predicted molar refractivity (Wildman–Crippen MR) is 77.6 cm³/mol. The number of nitrogens with one attached hydrogen (secondary N) is 1. The van der Waals surface area contributed by atoms with Crippen LogP contribution in [-0.2, 0) is 9.47 Å². The molecule has 0 bridgehead atoms. The zero-order valence-corrected chi connectivity index (χ0v) is 12.2. The number of amides is 1. The lowest BCUT2D eigenvalue weighted by Crippen LogP contribution is -2.49. The smallest absolute Gasteiger partial charge is 0.255 e. The third kappa shape index (κ3) is 3.19. The number of carbonyl (C=O) groups is 1. The fraction of sp³-hybridized carbons (Fsp3) is 0.562. The molecule has 1 aliphatic heterocycles. The molecule has 0 aromatic heterocycles. The number of hydrogen-bond donors (Lipinski definition) is 1. The maximum atomic E-state index is 12.4. The lowest BCUT2D eigenvalue weighted by molar-refractivity contribution is -0.157. The molecule has 0 radical (unpaired) electrons. The van der Waals surface area contributed by atoms with E-state index in [0.717, 1.165) is 19.3 Å². The second-order valence-electron chi connectivity index (χ2n) is 5.50. The van der Waals surface area contributed by atoms with Crippen LogP contribution in [0.2, 0.25) is 0 Å². The van der Waals surface area contributed by atoms with Crippen LogP contribution in [-0.4, -0.2) is 44.5 Å². The maximum Gasteiger partial charge on any atom is 0.255 e. The molecule has 3 rings (SSSR count). The van der Waals surface area contributed by atoms with E-state index < -0.39 is 0 Å². The number of rotatable bonds is 3. The molecule has 0 spiro atoms. The van der Waals surface area contributed by atoms with E-state index >= 15 is 0 Å². The number of fused-ring (bicyclic) bond motifs is 1. The third-order valence-electron chi connectivity index (χ3n) is 4.17. The zero-order valence-electron chi connectivity index (χ0n) is 12.2. The summed E-state index contributed by atoms with van der Waals surface area (Å²) in [6.45, 7) is 1.33. The fourth-order valence-electron chi connectivity index (χ4n) is 3.09. The fourth-order valence-corrected chi connectivity index (χ4v) is 3.09. The summed E-state index contributed by atoms with van der Waals surface area (Å²) in [6, 6.07) is 7.40. The van der Waals surface area contributed by atoms with Gasteiger partial charge in [0.05, 0.1) is 38.1 Å². The first kappa shape index (κ1) is 14.4. The van der Waals surface area contributed by atoms with Crippen molar-refractivity contribution in [2.45, 2.75) is 37.5 Å². The standard InChI is InChI=1S/C16H21NO4/c1-19-13-5-3-2-4-12(13)16(18)17-11-6-7-14-15(10-11)21-9-8-20-14/h2-5,11,14-15H,6-10H2,1H3,(H,17,18)/t11-,14-,15+/m1/s1. The molecular weight excluding hydrogens is 270 g/mol. The minimum atomic E-state index is -0.0902. The van der Waals surface area contributed by atoms with Crippen molar-refractivity contribution in [1.82, 2.24) is 5.32 Å². The minimum Gasteiger partial charge on any atom is -0.496 e. The van der Waals surface area contributed by atoms with Crippen LogP contribution in [0.4, 0.5) is 0 Å². The molecule has 1 aromatic rings. The molecule has 5 heteroatoms. The highest BCUT2D eigenvalue weighted by molar-refractivity contribution is 5.97. The Bertz CT molecular complexity index is 505. The topological polar surface area (TPSA) is 56.8 Å². The lowest BCUT2D eigenvalue weighted by atomic mass is 9.89. The van der Waals surface area contributed by atoms with Gasteiger partial charge in [-0.05, 0) is 31.4 Å². The molecule has 1 saturated heterocycles. The van der Waals surface area contributed by atoms with E-state index in [4.69, 9.17) is 14.2 Å². The summed E-state index contributed by atoms with van der Waals surface area (Å²) in [5, 5.41) is 3.09. The molecule has 1 aromatic carbocycles. The van der Waals surface area contributed by atoms with Crippen molar-refractivity contribution in [3.63, 3.8) is 0 Å². The van der Waals surface area contributed by atoms with Crippen molar-refractivity contribution < 1.29 is 19.0 Å². The van der Waals surface area contributed by atoms with Crippen LogP contribution in [0.15, 0.2) is 24.3 Å². The number of carbonyl (C=O) groups excluding carboxylic acids is 1. The highest BCUT2D eigenvalue weighted by Crippen LogP contribution is 2.27.